The van der Waals surface area contributed by atoms with Gasteiger partial charge in [0.05, 0.1) is 6.04 Å². The Balaban J connectivity index is 1.75. The molecule has 0 unspecified atom stereocenters. The van der Waals surface area contributed by atoms with Crippen molar-refractivity contribution in [1.82, 2.24) is 5.32 Å². The first kappa shape index (κ1) is 20.3. The molecular formula is C19H19BrClNO4. The zero-order valence-corrected chi connectivity index (χ0v) is 16.8. The summed E-state index contributed by atoms with van der Waals surface area (Å²) in [7, 11) is 0. The molecule has 2 aromatic rings. The van der Waals surface area contributed by atoms with Crippen molar-refractivity contribution < 1.29 is 19.1 Å². The van der Waals surface area contributed by atoms with Gasteiger partial charge in [0.1, 0.15) is 5.75 Å². The zero-order valence-electron chi connectivity index (χ0n) is 14.4. The molecule has 0 fully saturated rings. The maximum atomic E-state index is 11.9. The summed E-state index contributed by atoms with van der Waals surface area (Å²) in [6.45, 7) is 3.04. The molecular weight excluding hydrogens is 422 g/mol. The lowest BCUT2D eigenvalue weighted by Crippen LogP contribution is -2.32. The summed E-state index contributed by atoms with van der Waals surface area (Å²) < 4.78 is 11.2. The van der Waals surface area contributed by atoms with Crippen LogP contribution in [0.4, 0.5) is 0 Å². The minimum Gasteiger partial charge on any atom is -0.482 e. The standard InChI is InChI=1S/C19H19BrClNO4/c1-12-9-14(7-8-17(12)21)25-11-19(24)26-10-18(23)22-13(2)15-5-3-4-6-16(15)20/h3-9,13H,10-11H2,1-2H3,(H,22,23)/t13-/m0/s1. The van der Waals surface area contributed by atoms with Gasteiger partial charge >= 0.3 is 5.97 Å². The van der Waals surface area contributed by atoms with Gasteiger partial charge in [-0.05, 0) is 49.2 Å². The normalized spacial score (nSPS) is 11.5. The van der Waals surface area contributed by atoms with Crippen molar-refractivity contribution >= 4 is 39.4 Å². The van der Waals surface area contributed by atoms with Gasteiger partial charge in [-0.25, -0.2) is 4.79 Å². The maximum Gasteiger partial charge on any atom is 0.344 e. The summed E-state index contributed by atoms with van der Waals surface area (Å²) >= 11 is 9.37. The Kier molecular flexibility index (Phi) is 7.48. The molecule has 0 spiro atoms. The van der Waals surface area contributed by atoms with E-state index in [-0.39, 0.29) is 25.2 Å². The molecule has 0 aliphatic carbocycles. The van der Waals surface area contributed by atoms with Crippen LogP contribution in [0.5, 0.6) is 5.75 Å². The number of rotatable bonds is 7. The fourth-order valence-electron chi connectivity index (χ4n) is 2.22. The first-order valence-electron chi connectivity index (χ1n) is 7.95. The summed E-state index contributed by atoms with van der Waals surface area (Å²) in [6.07, 6.45) is 0. The van der Waals surface area contributed by atoms with Gasteiger partial charge in [0.25, 0.3) is 5.91 Å². The minimum atomic E-state index is -0.624. The molecule has 0 aromatic heterocycles. The SMILES string of the molecule is Cc1cc(OCC(=O)OCC(=O)N[C@@H](C)c2ccccc2Br)ccc1Cl. The van der Waals surface area contributed by atoms with E-state index < -0.39 is 5.97 Å². The van der Waals surface area contributed by atoms with Crippen molar-refractivity contribution in [2.75, 3.05) is 13.2 Å². The molecule has 2 rings (SSSR count). The van der Waals surface area contributed by atoms with Crippen LogP contribution in [-0.2, 0) is 14.3 Å². The molecule has 0 aliphatic heterocycles. The van der Waals surface area contributed by atoms with Crippen molar-refractivity contribution in [2.45, 2.75) is 19.9 Å². The largest absolute Gasteiger partial charge is 0.482 e. The second-order valence-electron chi connectivity index (χ2n) is 5.67. The molecule has 0 saturated carbocycles. The molecule has 1 amide bonds. The Morgan fingerprint density at radius 2 is 1.92 bits per heavy atom. The number of carbonyl (C=O) groups excluding carboxylic acids is 2. The van der Waals surface area contributed by atoms with Crippen molar-refractivity contribution in [3.05, 3.63) is 63.1 Å². The third-order valence-electron chi connectivity index (χ3n) is 3.60. The molecule has 26 heavy (non-hydrogen) atoms. The molecule has 0 saturated heterocycles. The quantitative estimate of drug-likeness (QED) is 0.655. The first-order valence-corrected chi connectivity index (χ1v) is 9.12. The molecule has 0 bridgehead atoms. The molecule has 0 aliphatic rings. The Hall–Kier alpha value is -2.05. The average Bonchev–Trinajstić information content (AvgIpc) is 2.61. The number of carbonyl (C=O) groups is 2. The van der Waals surface area contributed by atoms with Gasteiger partial charge in [0, 0.05) is 9.50 Å². The van der Waals surface area contributed by atoms with E-state index in [0.717, 1.165) is 15.6 Å². The van der Waals surface area contributed by atoms with E-state index in [1.54, 1.807) is 18.2 Å². The fourth-order valence-corrected chi connectivity index (χ4v) is 2.97. The van der Waals surface area contributed by atoms with Crippen LogP contribution >= 0.6 is 27.5 Å². The van der Waals surface area contributed by atoms with E-state index in [0.29, 0.717) is 10.8 Å². The summed E-state index contributed by atoms with van der Waals surface area (Å²) in [5, 5.41) is 3.40. The van der Waals surface area contributed by atoms with Crippen LogP contribution in [-0.4, -0.2) is 25.1 Å². The molecule has 1 atom stereocenters. The van der Waals surface area contributed by atoms with E-state index in [1.165, 1.54) is 0 Å². The molecule has 0 radical (unpaired) electrons. The summed E-state index contributed by atoms with van der Waals surface area (Å²) in [5.74, 6) is -0.499. The minimum absolute atomic E-state index is 0.218. The van der Waals surface area contributed by atoms with Gasteiger partial charge in [0.2, 0.25) is 0 Å². The monoisotopic (exact) mass is 439 g/mol. The highest BCUT2D eigenvalue weighted by molar-refractivity contribution is 9.10. The predicted molar refractivity (Wildman–Crippen MR) is 103 cm³/mol. The summed E-state index contributed by atoms with van der Waals surface area (Å²) in [5.41, 5.74) is 1.78. The van der Waals surface area contributed by atoms with Crippen molar-refractivity contribution in [1.29, 1.82) is 0 Å². The van der Waals surface area contributed by atoms with Crippen LogP contribution in [0.1, 0.15) is 24.1 Å². The first-order chi connectivity index (χ1) is 12.4. The van der Waals surface area contributed by atoms with Crippen LogP contribution in [0, 0.1) is 6.92 Å². The number of hydrogen-bond acceptors (Lipinski definition) is 4. The lowest BCUT2D eigenvalue weighted by molar-refractivity contribution is -0.150. The number of ether oxygens (including phenoxy) is 2. The Bertz CT molecular complexity index is 797. The van der Waals surface area contributed by atoms with E-state index in [1.807, 2.05) is 38.1 Å². The van der Waals surface area contributed by atoms with Crippen molar-refractivity contribution in [3.63, 3.8) is 0 Å². The molecule has 0 heterocycles. The zero-order chi connectivity index (χ0) is 19.1. The lowest BCUT2D eigenvalue weighted by atomic mass is 10.1. The molecule has 7 heteroatoms. The average molecular weight is 441 g/mol. The molecule has 5 nitrogen and oxygen atoms in total. The van der Waals surface area contributed by atoms with Crippen LogP contribution in [0.3, 0.4) is 0 Å². The van der Waals surface area contributed by atoms with E-state index in [4.69, 9.17) is 21.1 Å². The number of halogens is 2. The van der Waals surface area contributed by atoms with Gasteiger partial charge in [-0.15, -0.1) is 0 Å². The highest BCUT2D eigenvalue weighted by Gasteiger charge is 2.14. The molecule has 2 aromatic carbocycles. The Morgan fingerprint density at radius 3 is 2.62 bits per heavy atom. The number of benzene rings is 2. The number of hydrogen-bond donors (Lipinski definition) is 1. The smallest absolute Gasteiger partial charge is 0.344 e. The fraction of sp³-hybridized carbons (Fsp3) is 0.263. The van der Waals surface area contributed by atoms with Gasteiger partial charge in [-0.3, -0.25) is 4.79 Å². The third kappa shape index (κ3) is 6.04. The highest BCUT2D eigenvalue weighted by atomic mass is 79.9. The van der Waals surface area contributed by atoms with Crippen LogP contribution < -0.4 is 10.1 Å². The third-order valence-corrected chi connectivity index (χ3v) is 4.75. The van der Waals surface area contributed by atoms with Crippen molar-refractivity contribution in [3.8, 4) is 5.75 Å². The molecule has 138 valence electrons. The van der Waals surface area contributed by atoms with E-state index in [2.05, 4.69) is 21.2 Å². The topological polar surface area (TPSA) is 64.6 Å². The van der Waals surface area contributed by atoms with Gasteiger partial charge in [0.15, 0.2) is 13.2 Å². The van der Waals surface area contributed by atoms with Crippen molar-refractivity contribution in [2.24, 2.45) is 0 Å². The van der Waals surface area contributed by atoms with Gasteiger partial charge in [-0.2, -0.15) is 0 Å². The Labute approximate surface area is 165 Å². The van der Waals surface area contributed by atoms with Gasteiger partial charge < -0.3 is 14.8 Å². The maximum absolute atomic E-state index is 11.9. The van der Waals surface area contributed by atoms with Crippen LogP contribution in [0.2, 0.25) is 5.02 Å². The number of esters is 1. The van der Waals surface area contributed by atoms with E-state index in [9.17, 15) is 9.59 Å². The second kappa shape index (κ2) is 9.59. The summed E-state index contributed by atoms with van der Waals surface area (Å²) in [6, 6.07) is 12.4. The van der Waals surface area contributed by atoms with Crippen LogP contribution in [0.15, 0.2) is 46.9 Å². The lowest BCUT2D eigenvalue weighted by Gasteiger charge is -2.16. The van der Waals surface area contributed by atoms with Gasteiger partial charge in [-0.1, -0.05) is 45.7 Å². The highest BCUT2D eigenvalue weighted by Crippen LogP contribution is 2.23. The second-order valence-corrected chi connectivity index (χ2v) is 6.93. The van der Waals surface area contributed by atoms with Crippen LogP contribution in [0.25, 0.3) is 0 Å². The molecule has 1 N–H and O–H groups in total. The number of nitrogens with one attached hydrogen (secondary N) is 1. The Morgan fingerprint density at radius 1 is 1.19 bits per heavy atom. The predicted octanol–water partition coefficient (Wildman–Crippen LogP) is 4.21. The summed E-state index contributed by atoms with van der Waals surface area (Å²) in [4.78, 5) is 23.7. The number of aryl methyl sites for hydroxylation is 1. The number of amides is 1. The van der Waals surface area contributed by atoms with E-state index >= 15 is 0 Å².